The van der Waals surface area contributed by atoms with Gasteiger partial charge in [-0.1, -0.05) is 41.5 Å². The van der Waals surface area contributed by atoms with Gasteiger partial charge in [0.05, 0.1) is 24.4 Å². The first-order chi connectivity index (χ1) is 11.9. The third-order valence-corrected chi connectivity index (χ3v) is 6.50. The molecule has 0 amide bonds. The molecule has 148 valence electrons. The van der Waals surface area contributed by atoms with Crippen LogP contribution in [0.15, 0.2) is 0 Å². The van der Waals surface area contributed by atoms with Crippen molar-refractivity contribution in [2.24, 2.45) is 23.7 Å². The molecule has 25 heavy (non-hydrogen) atoms. The highest BCUT2D eigenvalue weighted by Gasteiger charge is 2.47. The van der Waals surface area contributed by atoms with Crippen molar-refractivity contribution in [3.63, 3.8) is 0 Å². The van der Waals surface area contributed by atoms with E-state index in [1.165, 1.54) is 0 Å². The Morgan fingerprint density at radius 1 is 0.640 bits per heavy atom. The first-order valence-electron chi connectivity index (χ1n) is 9.91. The molecule has 0 saturated carbocycles. The zero-order valence-electron chi connectivity index (χ0n) is 17.2. The van der Waals surface area contributed by atoms with E-state index in [-0.39, 0.29) is 48.8 Å². The van der Waals surface area contributed by atoms with E-state index >= 15 is 0 Å². The fourth-order valence-electron chi connectivity index (χ4n) is 4.33. The first-order valence-corrected chi connectivity index (χ1v) is 9.91. The molecule has 0 aromatic carbocycles. The van der Waals surface area contributed by atoms with Crippen molar-refractivity contribution in [1.29, 1.82) is 0 Å². The Bertz CT molecular complexity index is 400. The quantitative estimate of drug-likeness (QED) is 0.722. The summed E-state index contributed by atoms with van der Waals surface area (Å²) >= 11 is 0. The highest BCUT2D eigenvalue weighted by molar-refractivity contribution is 4.89. The molecule has 0 N–H and O–H groups in total. The van der Waals surface area contributed by atoms with E-state index in [4.69, 9.17) is 23.7 Å². The number of rotatable bonds is 6. The molecule has 4 unspecified atom stereocenters. The first kappa shape index (κ1) is 21.1. The number of hydrogen-bond donors (Lipinski definition) is 0. The topological polar surface area (TPSA) is 46.2 Å². The Labute approximate surface area is 153 Å². The molecule has 2 aliphatic heterocycles. The molecule has 10 atom stereocenters. The van der Waals surface area contributed by atoms with Crippen molar-refractivity contribution in [3.05, 3.63) is 0 Å². The van der Waals surface area contributed by atoms with E-state index in [1.54, 1.807) is 14.2 Å². The summed E-state index contributed by atoms with van der Waals surface area (Å²) in [5.41, 5.74) is 0. The van der Waals surface area contributed by atoms with Gasteiger partial charge in [0.1, 0.15) is 0 Å². The van der Waals surface area contributed by atoms with Crippen molar-refractivity contribution in [2.75, 3.05) is 14.2 Å². The summed E-state index contributed by atoms with van der Waals surface area (Å²) in [5.74, 6) is 1.28. The lowest BCUT2D eigenvalue weighted by molar-refractivity contribution is -0.326. The van der Waals surface area contributed by atoms with Gasteiger partial charge >= 0.3 is 0 Å². The molecule has 2 aliphatic rings. The smallest absolute Gasteiger partial charge is 0.161 e. The SMILES string of the molecule is CCC1O[C@@H](O[C@H]2C(CC)O[C@@H](OC)C(C)[C@H]2C)C(C)[C@@H](C)[C@H]1OC. The van der Waals surface area contributed by atoms with Gasteiger partial charge in [0.25, 0.3) is 0 Å². The summed E-state index contributed by atoms with van der Waals surface area (Å²) in [5, 5.41) is 0. The lowest BCUT2D eigenvalue weighted by Gasteiger charge is -2.49. The zero-order chi connectivity index (χ0) is 18.7. The van der Waals surface area contributed by atoms with Crippen LogP contribution in [-0.4, -0.2) is 51.2 Å². The Morgan fingerprint density at radius 2 is 1.12 bits per heavy atom. The van der Waals surface area contributed by atoms with Crippen LogP contribution in [0.5, 0.6) is 0 Å². The van der Waals surface area contributed by atoms with Crippen LogP contribution in [-0.2, 0) is 23.7 Å². The minimum atomic E-state index is -0.220. The van der Waals surface area contributed by atoms with Crippen LogP contribution in [0.4, 0.5) is 0 Å². The third-order valence-electron chi connectivity index (χ3n) is 6.50. The van der Waals surface area contributed by atoms with Crippen molar-refractivity contribution in [2.45, 2.75) is 91.4 Å². The number of hydrogen-bond acceptors (Lipinski definition) is 5. The van der Waals surface area contributed by atoms with Crippen LogP contribution in [0, 0.1) is 23.7 Å². The van der Waals surface area contributed by atoms with Gasteiger partial charge in [0, 0.05) is 26.1 Å². The second-order valence-corrected chi connectivity index (χ2v) is 7.88. The van der Waals surface area contributed by atoms with Gasteiger partial charge in [-0.15, -0.1) is 0 Å². The third kappa shape index (κ3) is 4.22. The van der Waals surface area contributed by atoms with E-state index < -0.39 is 0 Å². The second-order valence-electron chi connectivity index (χ2n) is 7.88. The maximum Gasteiger partial charge on any atom is 0.161 e. The van der Waals surface area contributed by atoms with Gasteiger partial charge in [0.2, 0.25) is 0 Å². The summed E-state index contributed by atoms with van der Waals surface area (Å²) in [6.45, 7) is 13.1. The maximum absolute atomic E-state index is 6.56. The summed E-state index contributed by atoms with van der Waals surface area (Å²) in [6.07, 6.45) is 1.68. The summed E-state index contributed by atoms with van der Waals surface area (Å²) < 4.78 is 30.3. The standard InChI is InChI=1S/C20H38O5/c1-9-15-17(21-7)11(3)14(6)20(24-15)25-18-12(4)13(5)19(22-8)23-16(18)10-2/h11-20H,9-10H2,1-8H3/t11-,12-,13?,14?,15?,16?,17-,18-,19-,20+/m1/s1. The summed E-state index contributed by atoms with van der Waals surface area (Å²) in [7, 11) is 3.49. The average molecular weight is 359 g/mol. The van der Waals surface area contributed by atoms with Crippen LogP contribution in [0.1, 0.15) is 54.4 Å². The minimum Gasteiger partial charge on any atom is -0.378 e. The molecule has 5 nitrogen and oxygen atoms in total. The number of ether oxygens (including phenoxy) is 5. The highest BCUT2D eigenvalue weighted by Crippen LogP contribution is 2.39. The predicted molar refractivity (Wildman–Crippen MR) is 97.2 cm³/mol. The van der Waals surface area contributed by atoms with Gasteiger partial charge in [-0.2, -0.15) is 0 Å². The molecular weight excluding hydrogens is 320 g/mol. The van der Waals surface area contributed by atoms with Crippen molar-refractivity contribution in [1.82, 2.24) is 0 Å². The van der Waals surface area contributed by atoms with Crippen molar-refractivity contribution < 1.29 is 23.7 Å². The Balaban J connectivity index is 2.13. The molecular formula is C20H38O5. The van der Waals surface area contributed by atoms with Gasteiger partial charge in [0.15, 0.2) is 12.6 Å². The van der Waals surface area contributed by atoms with Crippen LogP contribution < -0.4 is 0 Å². The molecule has 0 aromatic rings. The van der Waals surface area contributed by atoms with Gasteiger partial charge in [-0.05, 0) is 24.7 Å². The lowest BCUT2D eigenvalue weighted by atomic mass is 9.82. The zero-order valence-corrected chi connectivity index (χ0v) is 17.2. The van der Waals surface area contributed by atoms with Crippen LogP contribution in [0.2, 0.25) is 0 Å². The monoisotopic (exact) mass is 358 g/mol. The average Bonchev–Trinajstić information content (AvgIpc) is 2.62. The van der Waals surface area contributed by atoms with Crippen molar-refractivity contribution in [3.8, 4) is 0 Å². The largest absolute Gasteiger partial charge is 0.378 e. The molecule has 2 rings (SSSR count). The summed E-state index contributed by atoms with van der Waals surface area (Å²) in [6, 6.07) is 0. The van der Waals surface area contributed by atoms with Crippen LogP contribution >= 0.6 is 0 Å². The minimum absolute atomic E-state index is 0.0163. The van der Waals surface area contributed by atoms with E-state index in [2.05, 4.69) is 41.5 Å². The molecule has 5 heteroatoms. The molecule has 2 heterocycles. The molecule has 0 radical (unpaired) electrons. The predicted octanol–water partition coefficient (Wildman–Crippen LogP) is 3.85. The molecule has 0 bridgehead atoms. The Hall–Kier alpha value is -0.200. The van der Waals surface area contributed by atoms with Crippen molar-refractivity contribution >= 4 is 0 Å². The van der Waals surface area contributed by atoms with Crippen LogP contribution in [0.25, 0.3) is 0 Å². The maximum atomic E-state index is 6.56. The fourth-order valence-corrected chi connectivity index (χ4v) is 4.33. The van der Waals surface area contributed by atoms with Gasteiger partial charge in [-0.25, -0.2) is 0 Å². The molecule has 0 spiro atoms. The van der Waals surface area contributed by atoms with E-state index in [1.807, 2.05) is 0 Å². The second kappa shape index (κ2) is 9.14. The fraction of sp³-hybridized carbons (Fsp3) is 1.00. The van der Waals surface area contributed by atoms with Gasteiger partial charge in [-0.3, -0.25) is 0 Å². The number of methoxy groups -OCH3 is 2. The van der Waals surface area contributed by atoms with Gasteiger partial charge < -0.3 is 23.7 Å². The Morgan fingerprint density at radius 3 is 1.64 bits per heavy atom. The normalized spacial score (nSPS) is 48.5. The molecule has 2 fully saturated rings. The lowest BCUT2D eigenvalue weighted by Crippen LogP contribution is -2.56. The Kier molecular flexibility index (Phi) is 7.71. The van der Waals surface area contributed by atoms with E-state index in [9.17, 15) is 0 Å². The highest BCUT2D eigenvalue weighted by atomic mass is 16.7. The molecule has 0 aliphatic carbocycles. The van der Waals surface area contributed by atoms with Crippen LogP contribution in [0.3, 0.4) is 0 Å². The van der Waals surface area contributed by atoms with E-state index in [0.717, 1.165) is 12.8 Å². The van der Waals surface area contributed by atoms with E-state index in [0.29, 0.717) is 11.8 Å². The molecule has 0 aromatic heterocycles. The summed E-state index contributed by atoms with van der Waals surface area (Å²) in [4.78, 5) is 0. The molecule has 2 saturated heterocycles.